The van der Waals surface area contributed by atoms with Gasteiger partial charge in [0.1, 0.15) is 0 Å². The molecule has 4 bridgehead atoms. The molecule has 0 radical (unpaired) electrons. The lowest BCUT2D eigenvalue weighted by Crippen LogP contribution is -2.61. The predicted octanol–water partition coefficient (Wildman–Crippen LogP) is 3.48. The Labute approximate surface area is 159 Å². The van der Waals surface area contributed by atoms with Crippen molar-refractivity contribution in [1.82, 2.24) is 10.2 Å². The van der Waals surface area contributed by atoms with Crippen LogP contribution in [0.3, 0.4) is 0 Å². The van der Waals surface area contributed by atoms with Crippen LogP contribution in [0, 0.1) is 17.3 Å². The smallest absolute Gasteiger partial charge is 0.221 e. The fourth-order valence-corrected chi connectivity index (χ4v) is 7.05. The molecular weight excluding hydrogens is 324 g/mol. The van der Waals surface area contributed by atoms with Crippen molar-refractivity contribution in [2.45, 2.75) is 95.6 Å². The number of likely N-dealkylation sites (tertiary alicyclic amines) is 1. The Kier molecular flexibility index (Phi) is 5.35. The van der Waals surface area contributed by atoms with E-state index in [1.54, 1.807) is 0 Å². The summed E-state index contributed by atoms with van der Waals surface area (Å²) in [5.41, 5.74) is -0.289. The van der Waals surface area contributed by atoms with E-state index in [0.717, 1.165) is 38.9 Å². The van der Waals surface area contributed by atoms with Gasteiger partial charge in [-0.25, -0.2) is 0 Å². The van der Waals surface area contributed by atoms with Gasteiger partial charge in [0.15, 0.2) is 0 Å². The molecule has 4 nitrogen and oxygen atoms in total. The average molecular weight is 363 g/mol. The largest absolute Gasteiger partial charge is 0.390 e. The second-order valence-electron chi connectivity index (χ2n) is 10.2. The summed E-state index contributed by atoms with van der Waals surface area (Å²) in [6, 6.07) is 0.194. The van der Waals surface area contributed by atoms with Gasteiger partial charge in [0.2, 0.25) is 5.91 Å². The molecule has 3 unspecified atom stereocenters. The lowest BCUT2D eigenvalue weighted by molar-refractivity contribution is -0.173. The number of carbonyl (C=O) groups is 1. The Morgan fingerprint density at radius 1 is 1.08 bits per heavy atom. The van der Waals surface area contributed by atoms with E-state index in [4.69, 9.17) is 0 Å². The Hall–Kier alpha value is -0.610. The van der Waals surface area contributed by atoms with E-state index in [1.165, 1.54) is 51.4 Å². The molecule has 1 amide bonds. The number of nitrogens with zero attached hydrogens (tertiary/aromatic N) is 1. The zero-order chi connectivity index (χ0) is 18.2. The Morgan fingerprint density at radius 3 is 2.31 bits per heavy atom. The third-order valence-electron chi connectivity index (χ3n) is 7.98. The topological polar surface area (TPSA) is 52.6 Å². The summed E-state index contributed by atoms with van der Waals surface area (Å²) >= 11 is 0. The Bertz CT molecular complexity index is 498. The minimum absolute atomic E-state index is 0.148. The maximum absolute atomic E-state index is 12.6. The van der Waals surface area contributed by atoms with Crippen molar-refractivity contribution >= 4 is 5.91 Å². The van der Waals surface area contributed by atoms with Crippen molar-refractivity contribution < 1.29 is 9.90 Å². The number of nitrogens with one attached hydrogen (secondary N) is 1. The van der Waals surface area contributed by atoms with Crippen LogP contribution < -0.4 is 5.32 Å². The Morgan fingerprint density at radius 2 is 1.69 bits per heavy atom. The van der Waals surface area contributed by atoms with Crippen LogP contribution in [0.25, 0.3) is 0 Å². The third kappa shape index (κ3) is 3.96. The molecule has 5 aliphatic rings. The zero-order valence-electron chi connectivity index (χ0n) is 16.6. The molecule has 0 aromatic carbocycles. The maximum atomic E-state index is 12.6. The van der Waals surface area contributed by atoms with Crippen LogP contribution in [0.1, 0.15) is 84.0 Å². The molecule has 26 heavy (non-hydrogen) atoms. The fraction of sp³-hybridized carbons (Fsp3) is 0.955. The third-order valence-corrected chi connectivity index (χ3v) is 7.98. The lowest BCUT2D eigenvalue weighted by atomic mass is 9.46. The first kappa shape index (κ1) is 18.7. The maximum Gasteiger partial charge on any atom is 0.221 e. The van der Waals surface area contributed by atoms with Crippen molar-refractivity contribution in [3.63, 3.8) is 0 Å². The number of hydrogen-bond acceptors (Lipinski definition) is 3. The molecule has 1 heterocycles. The summed E-state index contributed by atoms with van der Waals surface area (Å²) in [4.78, 5) is 15.1. The summed E-state index contributed by atoms with van der Waals surface area (Å²) in [5.74, 6) is 1.57. The molecule has 5 rings (SSSR count). The molecule has 5 fully saturated rings. The van der Waals surface area contributed by atoms with Gasteiger partial charge < -0.3 is 15.3 Å². The van der Waals surface area contributed by atoms with Gasteiger partial charge in [-0.2, -0.15) is 0 Å². The molecule has 4 aliphatic carbocycles. The highest BCUT2D eigenvalue weighted by atomic mass is 16.3. The molecule has 2 N–H and O–H groups in total. The van der Waals surface area contributed by atoms with E-state index >= 15 is 0 Å². The first-order valence-corrected chi connectivity index (χ1v) is 11.2. The molecule has 4 heteroatoms. The van der Waals surface area contributed by atoms with Crippen molar-refractivity contribution in [2.75, 3.05) is 19.6 Å². The zero-order valence-corrected chi connectivity index (χ0v) is 16.6. The molecule has 0 aromatic rings. The van der Waals surface area contributed by atoms with Crippen LogP contribution in [0.15, 0.2) is 0 Å². The minimum Gasteiger partial charge on any atom is -0.390 e. The first-order chi connectivity index (χ1) is 12.5. The van der Waals surface area contributed by atoms with Gasteiger partial charge in [0.05, 0.1) is 5.60 Å². The van der Waals surface area contributed by atoms with Crippen LogP contribution in [-0.4, -0.2) is 47.2 Å². The lowest BCUT2D eigenvalue weighted by Gasteiger charge is -2.62. The van der Waals surface area contributed by atoms with Gasteiger partial charge in [0, 0.05) is 19.0 Å². The minimum atomic E-state index is -0.437. The van der Waals surface area contributed by atoms with Gasteiger partial charge in [-0.3, -0.25) is 4.79 Å². The van der Waals surface area contributed by atoms with Crippen LogP contribution in [0.5, 0.6) is 0 Å². The van der Waals surface area contributed by atoms with Gasteiger partial charge in [-0.15, -0.1) is 0 Å². The molecular formula is C22H38N2O2. The molecule has 4 saturated carbocycles. The van der Waals surface area contributed by atoms with Crippen molar-refractivity contribution in [1.29, 1.82) is 0 Å². The molecule has 1 aliphatic heterocycles. The monoisotopic (exact) mass is 362 g/mol. The number of rotatable bonds is 5. The highest BCUT2D eigenvalue weighted by Crippen LogP contribution is 2.62. The Balaban J connectivity index is 1.29. The van der Waals surface area contributed by atoms with Crippen molar-refractivity contribution in [3.05, 3.63) is 0 Å². The van der Waals surface area contributed by atoms with Gasteiger partial charge in [-0.1, -0.05) is 19.3 Å². The highest BCUT2D eigenvalue weighted by molar-refractivity contribution is 5.76. The van der Waals surface area contributed by atoms with Crippen molar-refractivity contribution in [2.24, 2.45) is 17.3 Å². The van der Waals surface area contributed by atoms with E-state index < -0.39 is 5.60 Å². The van der Waals surface area contributed by atoms with E-state index in [9.17, 15) is 9.90 Å². The molecule has 1 saturated heterocycles. The van der Waals surface area contributed by atoms with Crippen LogP contribution in [0.4, 0.5) is 0 Å². The predicted molar refractivity (Wildman–Crippen MR) is 104 cm³/mol. The standard InChI is InChI=1S/C22H38N2O2/c1-17(21-12-18-11-19(13-21)15-22(26,14-18)16-21)23-20(25)7-10-24-8-5-3-2-4-6-9-24/h17-19,26H,2-16H2,1H3,(H,23,25). The number of hydrogen-bond donors (Lipinski definition) is 2. The van der Waals surface area contributed by atoms with E-state index in [1.807, 2.05) is 0 Å². The number of aliphatic hydroxyl groups is 1. The van der Waals surface area contributed by atoms with E-state index in [2.05, 4.69) is 17.1 Å². The van der Waals surface area contributed by atoms with Gasteiger partial charge in [-0.05, 0) is 88.6 Å². The normalized spacial score (nSPS) is 41.5. The molecule has 0 spiro atoms. The fourth-order valence-electron chi connectivity index (χ4n) is 7.05. The van der Waals surface area contributed by atoms with Crippen molar-refractivity contribution in [3.8, 4) is 0 Å². The first-order valence-electron chi connectivity index (χ1n) is 11.2. The summed E-state index contributed by atoms with van der Waals surface area (Å²) in [6.07, 6.45) is 13.9. The summed E-state index contributed by atoms with van der Waals surface area (Å²) in [5, 5.41) is 14.3. The summed E-state index contributed by atoms with van der Waals surface area (Å²) in [7, 11) is 0. The molecule has 0 aromatic heterocycles. The van der Waals surface area contributed by atoms with Gasteiger partial charge in [0.25, 0.3) is 0 Å². The molecule has 148 valence electrons. The second-order valence-corrected chi connectivity index (χ2v) is 10.2. The molecule has 3 atom stereocenters. The number of amides is 1. The SMILES string of the molecule is CC(NC(=O)CCN1CCCCCCC1)C12CC3CC(CC(O)(C3)C1)C2. The summed E-state index contributed by atoms with van der Waals surface area (Å²) < 4.78 is 0. The van der Waals surface area contributed by atoms with Crippen LogP contribution >= 0.6 is 0 Å². The van der Waals surface area contributed by atoms with Crippen LogP contribution in [0.2, 0.25) is 0 Å². The van der Waals surface area contributed by atoms with Gasteiger partial charge >= 0.3 is 0 Å². The van der Waals surface area contributed by atoms with Crippen LogP contribution in [-0.2, 0) is 4.79 Å². The van der Waals surface area contributed by atoms with E-state index in [-0.39, 0.29) is 17.4 Å². The highest BCUT2D eigenvalue weighted by Gasteiger charge is 2.58. The summed E-state index contributed by atoms with van der Waals surface area (Å²) in [6.45, 7) is 5.41. The quantitative estimate of drug-likeness (QED) is 0.787. The second kappa shape index (κ2) is 7.43. The van der Waals surface area contributed by atoms with E-state index in [0.29, 0.717) is 18.3 Å². The average Bonchev–Trinajstić information content (AvgIpc) is 2.51. The number of carbonyl (C=O) groups excluding carboxylic acids is 1.